The first-order valence-electron chi connectivity index (χ1n) is 5.15. The van der Waals surface area contributed by atoms with Gasteiger partial charge in [0.05, 0.1) is 0 Å². The smallest absolute Gasteiger partial charge is 0.0106 e. The first-order chi connectivity index (χ1) is 6.74. The number of hydrogen-bond acceptors (Lipinski definition) is 2. The molecule has 0 amide bonds. The van der Waals surface area contributed by atoms with Crippen LogP contribution >= 0.6 is 11.8 Å². The van der Waals surface area contributed by atoms with Crippen LogP contribution in [0.3, 0.4) is 0 Å². The lowest BCUT2D eigenvalue weighted by atomic mass is 10.1. The molecule has 1 nitrogen and oxygen atoms in total. The summed E-state index contributed by atoms with van der Waals surface area (Å²) in [5.74, 6) is 1.15. The summed E-state index contributed by atoms with van der Waals surface area (Å²) in [5, 5.41) is 3.32. The normalized spacial score (nSPS) is 10.5. The highest BCUT2D eigenvalue weighted by Gasteiger charge is 1.96. The molecule has 2 heteroatoms. The summed E-state index contributed by atoms with van der Waals surface area (Å²) >= 11 is 1.92. The highest BCUT2D eigenvalue weighted by molar-refractivity contribution is 7.99. The van der Waals surface area contributed by atoms with Gasteiger partial charge in [-0.15, -0.1) is 11.8 Å². The molecule has 0 aromatic heterocycles. The summed E-state index contributed by atoms with van der Waals surface area (Å²) < 4.78 is 0. The number of thioether (sulfide) groups is 1. The zero-order valence-corrected chi connectivity index (χ0v) is 10.1. The Bertz CT molecular complexity index is 284. The molecular formula is C12H19NS. The van der Waals surface area contributed by atoms with Gasteiger partial charge in [0.2, 0.25) is 0 Å². The van der Waals surface area contributed by atoms with E-state index in [0.717, 1.165) is 18.8 Å². The summed E-state index contributed by atoms with van der Waals surface area (Å²) in [7, 11) is 0. The average Bonchev–Trinajstić information content (AvgIpc) is 2.18. The molecule has 0 heterocycles. The zero-order valence-electron chi connectivity index (χ0n) is 9.26. The minimum atomic E-state index is 1.06. The van der Waals surface area contributed by atoms with Crippen molar-refractivity contribution in [2.45, 2.75) is 25.7 Å². The number of aryl methyl sites for hydroxylation is 2. The SMILES string of the molecule is CCNCCSc1ccc(C)c(C)c1. The van der Waals surface area contributed by atoms with E-state index in [0.29, 0.717) is 0 Å². The maximum absolute atomic E-state index is 3.32. The van der Waals surface area contributed by atoms with Gasteiger partial charge in [-0.25, -0.2) is 0 Å². The molecule has 0 saturated heterocycles. The summed E-state index contributed by atoms with van der Waals surface area (Å²) in [6, 6.07) is 6.68. The van der Waals surface area contributed by atoms with Gasteiger partial charge < -0.3 is 5.32 Å². The van der Waals surface area contributed by atoms with E-state index < -0.39 is 0 Å². The van der Waals surface area contributed by atoms with Crippen LogP contribution in [0.15, 0.2) is 23.1 Å². The molecule has 0 fully saturated rings. The monoisotopic (exact) mass is 209 g/mol. The third kappa shape index (κ3) is 3.72. The molecule has 1 aromatic rings. The second-order valence-corrected chi connectivity index (χ2v) is 4.62. The fraction of sp³-hybridized carbons (Fsp3) is 0.500. The molecule has 1 aromatic carbocycles. The molecule has 0 unspecified atom stereocenters. The van der Waals surface area contributed by atoms with E-state index >= 15 is 0 Å². The maximum atomic E-state index is 3.32. The molecule has 0 radical (unpaired) electrons. The molecule has 0 atom stereocenters. The third-order valence-electron chi connectivity index (χ3n) is 2.28. The van der Waals surface area contributed by atoms with Gasteiger partial charge in [0.1, 0.15) is 0 Å². The Morgan fingerprint density at radius 3 is 2.64 bits per heavy atom. The molecular weight excluding hydrogens is 190 g/mol. The standard InChI is InChI=1S/C12H19NS/c1-4-13-7-8-14-12-6-5-10(2)11(3)9-12/h5-6,9,13H,4,7-8H2,1-3H3. The number of nitrogens with one attached hydrogen (secondary N) is 1. The van der Waals surface area contributed by atoms with Crippen LogP contribution in [0.4, 0.5) is 0 Å². The van der Waals surface area contributed by atoms with Gasteiger partial charge in [-0.3, -0.25) is 0 Å². The Hall–Kier alpha value is -0.470. The van der Waals surface area contributed by atoms with Gasteiger partial charge in [-0.2, -0.15) is 0 Å². The molecule has 0 saturated carbocycles. The minimum Gasteiger partial charge on any atom is -0.316 e. The fourth-order valence-electron chi connectivity index (χ4n) is 1.22. The van der Waals surface area contributed by atoms with Crippen LogP contribution in [0.25, 0.3) is 0 Å². The quantitative estimate of drug-likeness (QED) is 0.591. The van der Waals surface area contributed by atoms with Crippen molar-refractivity contribution in [3.8, 4) is 0 Å². The van der Waals surface area contributed by atoms with Crippen molar-refractivity contribution >= 4 is 11.8 Å². The van der Waals surface area contributed by atoms with Crippen molar-refractivity contribution in [1.29, 1.82) is 0 Å². The van der Waals surface area contributed by atoms with Crippen molar-refractivity contribution in [1.82, 2.24) is 5.32 Å². The van der Waals surface area contributed by atoms with Gasteiger partial charge >= 0.3 is 0 Å². The largest absolute Gasteiger partial charge is 0.316 e. The van der Waals surface area contributed by atoms with Crippen LogP contribution in [0, 0.1) is 13.8 Å². The number of rotatable bonds is 5. The third-order valence-corrected chi connectivity index (χ3v) is 3.27. The second-order valence-electron chi connectivity index (χ2n) is 3.45. The Balaban J connectivity index is 2.39. The average molecular weight is 209 g/mol. The number of benzene rings is 1. The van der Waals surface area contributed by atoms with Gasteiger partial charge in [0.25, 0.3) is 0 Å². The molecule has 14 heavy (non-hydrogen) atoms. The van der Waals surface area contributed by atoms with Gasteiger partial charge in [-0.05, 0) is 43.7 Å². The van der Waals surface area contributed by atoms with E-state index in [1.807, 2.05) is 11.8 Å². The minimum absolute atomic E-state index is 1.06. The predicted molar refractivity (Wildman–Crippen MR) is 65.2 cm³/mol. The van der Waals surface area contributed by atoms with Gasteiger partial charge in [0, 0.05) is 17.2 Å². The summed E-state index contributed by atoms with van der Waals surface area (Å²) in [5.41, 5.74) is 2.76. The topological polar surface area (TPSA) is 12.0 Å². The Morgan fingerprint density at radius 1 is 1.21 bits per heavy atom. The van der Waals surface area contributed by atoms with Gasteiger partial charge in [0.15, 0.2) is 0 Å². The Kier molecular flexibility index (Phi) is 5.05. The van der Waals surface area contributed by atoms with E-state index in [4.69, 9.17) is 0 Å². The molecule has 1 N–H and O–H groups in total. The summed E-state index contributed by atoms with van der Waals surface area (Å²) in [4.78, 5) is 1.38. The van der Waals surface area contributed by atoms with Crippen LogP contribution in [0.2, 0.25) is 0 Å². The van der Waals surface area contributed by atoms with Crippen molar-refractivity contribution in [3.63, 3.8) is 0 Å². The molecule has 1 rings (SSSR count). The van der Waals surface area contributed by atoms with Crippen LogP contribution in [-0.4, -0.2) is 18.8 Å². The molecule has 0 aliphatic carbocycles. The summed E-state index contributed by atoms with van der Waals surface area (Å²) in [6.07, 6.45) is 0. The lowest BCUT2D eigenvalue weighted by molar-refractivity contribution is 0.768. The molecule has 0 aliphatic heterocycles. The Morgan fingerprint density at radius 2 is 2.00 bits per heavy atom. The van der Waals surface area contributed by atoms with Crippen molar-refractivity contribution in [3.05, 3.63) is 29.3 Å². The number of hydrogen-bond donors (Lipinski definition) is 1. The molecule has 0 spiro atoms. The lowest BCUT2D eigenvalue weighted by Gasteiger charge is -2.05. The molecule has 78 valence electrons. The van der Waals surface area contributed by atoms with Crippen molar-refractivity contribution in [2.75, 3.05) is 18.8 Å². The van der Waals surface area contributed by atoms with E-state index in [1.54, 1.807) is 0 Å². The van der Waals surface area contributed by atoms with Crippen LogP contribution < -0.4 is 5.32 Å². The fourth-order valence-corrected chi connectivity index (χ4v) is 2.13. The zero-order chi connectivity index (χ0) is 10.4. The van der Waals surface area contributed by atoms with Crippen molar-refractivity contribution < 1.29 is 0 Å². The van der Waals surface area contributed by atoms with E-state index in [1.165, 1.54) is 16.0 Å². The first-order valence-corrected chi connectivity index (χ1v) is 6.13. The van der Waals surface area contributed by atoms with Gasteiger partial charge in [-0.1, -0.05) is 13.0 Å². The van der Waals surface area contributed by atoms with Crippen molar-refractivity contribution in [2.24, 2.45) is 0 Å². The highest BCUT2D eigenvalue weighted by Crippen LogP contribution is 2.20. The predicted octanol–water partition coefficient (Wildman–Crippen LogP) is 3.01. The van der Waals surface area contributed by atoms with E-state index in [2.05, 4.69) is 44.3 Å². The van der Waals surface area contributed by atoms with Crippen LogP contribution in [-0.2, 0) is 0 Å². The Labute approximate surface area is 91.3 Å². The first kappa shape index (κ1) is 11.6. The van der Waals surface area contributed by atoms with Crippen LogP contribution in [0.5, 0.6) is 0 Å². The second kappa shape index (κ2) is 6.10. The summed E-state index contributed by atoms with van der Waals surface area (Å²) in [6.45, 7) is 8.62. The molecule has 0 bridgehead atoms. The van der Waals surface area contributed by atoms with Crippen LogP contribution in [0.1, 0.15) is 18.1 Å². The molecule has 0 aliphatic rings. The lowest BCUT2D eigenvalue weighted by Crippen LogP contribution is -2.15. The highest BCUT2D eigenvalue weighted by atomic mass is 32.2. The maximum Gasteiger partial charge on any atom is 0.0106 e. The van der Waals surface area contributed by atoms with E-state index in [9.17, 15) is 0 Å². The van der Waals surface area contributed by atoms with E-state index in [-0.39, 0.29) is 0 Å².